The minimum Gasteiger partial charge on any atom is -0.361 e. The third-order valence-electron chi connectivity index (χ3n) is 7.57. The summed E-state index contributed by atoms with van der Waals surface area (Å²) in [5.74, 6) is 0.621. The first-order chi connectivity index (χ1) is 19.8. The predicted octanol–water partition coefficient (Wildman–Crippen LogP) is 7.40. The number of ether oxygens (including phenoxy) is 1. The molecule has 0 spiro atoms. The Labute approximate surface area is 248 Å². The van der Waals surface area contributed by atoms with Gasteiger partial charge in [-0.1, -0.05) is 50.0 Å². The highest BCUT2D eigenvalue weighted by molar-refractivity contribution is 7.90. The molecule has 9 heteroatoms. The van der Waals surface area contributed by atoms with Crippen LogP contribution in [0.3, 0.4) is 0 Å². The fraction of sp³-hybridized carbons (Fsp3) is 0.273. The van der Waals surface area contributed by atoms with Crippen LogP contribution in [-0.4, -0.2) is 36.6 Å². The Morgan fingerprint density at radius 1 is 1.02 bits per heavy atom. The molecule has 0 fully saturated rings. The van der Waals surface area contributed by atoms with Gasteiger partial charge in [-0.2, -0.15) is 5.26 Å². The van der Waals surface area contributed by atoms with Crippen LogP contribution in [0.4, 0.5) is 0 Å². The van der Waals surface area contributed by atoms with E-state index in [9.17, 15) is 13.7 Å². The molecule has 3 aromatic carbocycles. The van der Waals surface area contributed by atoms with Crippen LogP contribution in [0.1, 0.15) is 33.6 Å². The summed E-state index contributed by atoms with van der Waals surface area (Å²) < 4.78 is 37.0. The van der Waals surface area contributed by atoms with E-state index in [1.807, 2.05) is 49.6 Å². The van der Waals surface area contributed by atoms with Crippen LogP contribution in [0.25, 0.3) is 27.5 Å². The number of imidazole rings is 1. The van der Waals surface area contributed by atoms with Gasteiger partial charge in [0.1, 0.15) is 12.6 Å². The zero-order valence-corrected chi connectivity index (χ0v) is 26.8. The average molecular weight is 597 g/mol. The van der Waals surface area contributed by atoms with Crippen molar-refractivity contribution in [1.82, 2.24) is 13.5 Å². The summed E-state index contributed by atoms with van der Waals surface area (Å²) in [6, 6.07) is 19.4. The van der Waals surface area contributed by atoms with Gasteiger partial charge in [0.25, 0.3) is 10.0 Å². The number of nitriles is 1. The fourth-order valence-corrected chi connectivity index (χ4v) is 7.47. The van der Waals surface area contributed by atoms with Gasteiger partial charge >= 0.3 is 0 Å². The lowest BCUT2D eigenvalue weighted by atomic mass is 9.95. The molecule has 2 aromatic heterocycles. The maximum atomic E-state index is 13.7. The third-order valence-corrected chi connectivity index (χ3v) is 11.0. The maximum absolute atomic E-state index is 13.7. The van der Waals surface area contributed by atoms with E-state index in [0.29, 0.717) is 29.1 Å². The molecular formula is C33H36N4O3SSi. The molecule has 0 aliphatic carbocycles. The molecule has 0 aliphatic rings. The smallest absolute Gasteiger partial charge is 0.268 e. The molecule has 0 bridgehead atoms. The Morgan fingerprint density at radius 3 is 2.40 bits per heavy atom. The fourth-order valence-electron chi connectivity index (χ4n) is 5.30. The molecule has 42 heavy (non-hydrogen) atoms. The van der Waals surface area contributed by atoms with Crippen LogP contribution < -0.4 is 0 Å². The lowest BCUT2D eigenvalue weighted by Crippen LogP contribution is -2.22. The third kappa shape index (κ3) is 5.45. The van der Waals surface area contributed by atoms with Gasteiger partial charge in [0.05, 0.1) is 33.1 Å². The van der Waals surface area contributed by atoms with Gasteiger partial charge in [-0.3, -0.25) is 4.57 Å². The summed E-state index contributed by atoms with van der Waals surface area (Å²) in [7, 11) is -5.11. The minimum atomic E-state index is -3.83. The Balaban J connectivity index is 1.64. The Kier molecular flexibility index (Phi) is 7.75. The van der Waals surface area contributed by atoms with Crippen LogP contribution >= 0.6 is 0 Å². The van der Waals surface area contributed by atoms with E-state index in [1.54, 1.807) is 36.5 Å². The minimum absolute atomic E-state index is 0.233. The topological polar surface area (TPSA) is 89.9 Å². The van der Waals surface area contributed by atoms with Crippen LogP contribution in [0.15, 0.2) is 72.3 Å². The predicted molar refractivity (Wildman–Crippen MR) is 172 cm³/mol. The number of rotatable bonds is 9. The highest BCUT2D eigenvalue weighted by Gasteiger charge is 2.25. The Morgan fingerprint density at radius 2 is 1.74 bits per heavy atom. The summed E-state index contributed by atoms with van der Waals surface area (Å²) >= 11 is 0. The average Bonchev–Trinajstić information content (AvgIpc) is 3.53. The van der Waals surface area contributed by atoms with E-state index >= 15 is 0 Å². The van der Waals surface area contributed by atoms with Crippen molar-refractivity contribution in [2.45, 2.75) is 58.1 Å². The standard InChI is InChI=1S/C33H36N4O3SSi/c1-22-8-11-27(12-9-22)41(38,39)37-15-14-28-31(23(2)18-24(3)32(28)37)25(4)33-35-29-13-10-26(20-34)19-30(29)36(33)21-40-16-17-42(5,6)7/h8-15,18-19H,4,16-17,21H2,1-3,5-7H3. The van der Waals surface area contributed by atoms with Gasteiger partial charge in [0.2, 0.25) is 0 Å². The number of aryl methyl sites for hydroxylation is 3. The highest BCUT2D eigenvalue weighted by Crippen LogP contribution is 2.36. The number of hydrogen-bond acceptors (Lipinski definition) is 5. The lowest BCUT2D eigenvalue weighted by molar-refractivity contribution is 0.0893. The van der Waals surface area contributed by atoms with Crippen molar-refractivity contribution in [3.05, 3.63) is 101 Å². The number of aromatic nitrogens is 3. The Bertz CT molecular complexity index is 1990. The molecule has 0 N–H and O–H groups in total. The second-order valence-electron chi connectivity index (χ2n) is 12.1. The second-order valence-corrected chi connectivity index (χ2v) is 19.5. The molecule has 2 heterocycles. The number of hydrogen-bond donors (Lipinski definition) is 0. The molecular weight excluding hydrogens is 561 g/mol. The van der Waals surface area contributed by atoms with Crippen molar-refractivity contribution >= 4 is 45.6 Å². The van der Waals surface area contributed by atoms with Crippen molar-refractivity contribution in [1.29, 1.82) is 5.26 Å². The van der Waals surface area contributed by atoms with E-state index in [0.717, 1.165) is 44.7 Å². The number of nitrogens with zero attached hydrogens (tertiary/aromatic N) is 4. The van der Waals surface area contributed by atoms with Gasteiger partial charge in [-0.15, -0.1) is 0 Å². The van der Waals surface area contributed by atoms with Crippen LogP contribution in [-0.2, 0) is 21.5 Å². The van der Waals surface area contributed by atoms with Gasteiger partial charge < -0.3 is 4.74 Å². The SMILES string of the molecule is C=C(c1c(C)cc(C)c2c1ccn2S(=O)(=O)c1ccc(C)cc1)c1nc2ccc(C#N)cc2n1COCC[Si](C)(C)C. The van der Waals surface area contributed by atoms with E-state index in [4.69, 9.17) is 9.72 Å². The van der Waals surface area contributed by atoms with Gasteiger partial charge in [0.15, 0.2) is 0 Å². The second kappa shape index (κ2) is 11.0. The number of fused-ring (bicyclic) bond motifs is 2. The van der Waals surface area contributed by atoms with Gasteiger partial charge in [-0.05, 0) is 79.9 Å². The summed E-state index contributed by atoms with van der Waals surface area (Å²) in [6.07, 6.45) is 1.62. The quantitative estimate of drug-likeness (QED) is 0.131. The first kappa shape index (κ1) is 29.5. The summed E-state index contributed by atoms with van der Waals surface area (Å²) in [5.41, 5.74) is 6.96. The lowest BCUT2D eigenvalue weighted by Gasteiger charge is -2.18. The first-order valence-electron chi connectivity index (χ1n) is 13.9. The van der Waals surface area contributed by atoms with Crippen LogP contribution in [0, 0.1) is 32.1 Å². The normalized spacial score (nSPS) is 12.2. The van der Waals surface area contributed by atoms with Crippen LogP contribution in [0.5, 0.6) is 0 Å². The maximum Gasteiger partial charge on any atom is 0.268 e. The van der Waals surface area contributed by atoms with Gasteiger partial charge in [0, 0.05) is 31.8 Å². The summed E-state index contributed by atoms with van der Waals surface area (Å²) in [4.78, 5) is 5.16. The molecule has 5 rings (SSSR count). The molecule has 0 saturated carbocycles. The number of benzene rings is 3. The van der Waals surface area contributed by atoms with Crippen molar-refractivity contribution in [3.8, 4) is 6.07 Å². The van der Waals surface area contributed by atoms with Crippen molar-refractivity contribution in [2.24, 2.45) is 0 Å². The summed E-state index contributed by atoms with van der Waals surface area (Å²) in [5, 5.41) is 10.3. The zero-order chi connectivity index (χ0) is 30.4. The highest BCUT2D eigenvalue weighted by atomic mass is 32.2. The molecule has 0 atom stereocenters. The molecule has 216 valence electrons. The van der Waals surface area contributed by atoms with E-state index in [1.165, 1.54) is 3.97 Å². The van der Waals surface area contributed by atoms with Gasteiger partial charge in [-0.25, -0.2) is 17.4 Å². The molecule has 7 nitrogen and oxygen atoms in total. The van der Waals surface area contributed by atoms with Crippen molar-refractivity contribution < 1.29 is 13.2 Å². The molecule has 0 unspecified atom stereocenters. The van der Waals surface area contributed by atoms with E-state index in [-0.39, 0.29) is 11.6 Å². The molecule has 0 radical (unpaired) electrons. The van der Waals surface area contributed by atoms with Crippen molar-refractivity contribution in [3.63, 3.8) is 0 Å². The summed E-state index contributed by atoms with van der Waals surface area (Å²) in [6.45, 7) is 18.2. The molecule has 0 aliphatic heterocycles. The zero-order valence-electron chi connectivity index (χ0n) is 25.0. The van der Waals surface area contributed by atoms with Crippen LogP contribution in [0.2, 0.25) is 25.7 Å². The molecule has 0 saturated heterocycles. The van der Waals surface area contributed by atoms with E-state index in [2.05, 4.69) is 32.3 Å². The van der Waals surface area contributed by atoms with E-state index < -0.39 is 18.1 Å². The largest absolute Gasteiger partial charge is 0.361 e. The monoisotopic (exact) mass is 596 g/mol. The molecule has 5 aromatic rings. The van der Waals surface area contributed by atoms with Crippen molar-refractivity contribution in [2.75, 3.05) is 6.61 Å². The molecule has 0 amide bonds. The Hall–Kier alpha value is -3.97. The first-order valence-corrected chi connectivity index (χ1v) is 19.1.